The summed E-state index contributed by atoms with van der Waals surface area (Å²) in [6.45, 7) is 3.75. The fraction of sp³-hybridized carbons (Fsp3) is 0.389. The minimum atomic E-state index is -0.121. The standard InChI is InChI=1S/C18H21N3O2S2/c1-13-4-6-14(7-5-13)15-10-25-18(19-15)20-16(22)11-24-12-17(23)21-8-2-3-9-21/h4-7,10H,2-3,8-9,11-12H2,1H3,(H,19,20,22). The molecule has 2 amide bonds. The third-order valence-electron chi connectivity index (χ3n) is 4.02. The second kappa shape index (κ2) is 8.49. The molecule has 132 valence electrons. The smallest absolute Gasteiger partial charge is 0.236 e. The van der Waals surface area contributed by atoms with Gasteiger partial charge < -0.3 is 10.2 Å². The predicted molar refractivity (Wildman–Crippen MR) is 104 cm³/mol. The van der Waals surface area contributed by atoms with E-state index in [9.17, 15) is 9.59 Å². The Morgan fingerprint density at radius 1 is 1.20 bits per heavy atom. The maximum absolute atomic E-state index is 12.0. The van der Waals surface area contributed by atoms with Crippen molar-refractivity contribution in [3.05, 3.63) is 35.2 Å². The minimum absolute atomic E-state index is 0.121. The van der Waals surface area contributed by atoms with Crippen molar-refractivity contribution in [3.8, 4) is 11.3 Å². The number of thioether (sulfide) groups is 1. The summed E-state index contributed by atoms with van der Waals surface area (Å²) in [6, 6.07) is 8.13. The molecule has 2 aromatic rings. The minimum Gasteiger partial charge on any atom is -0.342 e. The number of hydrogen-bond donors (Lipinski definition) is 1. The average Bonchev–Trinajstić information content (AvgIpc) is 3.27. The number of nitrogens with one attached hydrogen (secondary N) is 1. The van der Waals surface area contributed by atoms with Crippen LogP contribution in [0.1, 0.15) is 18.4 Å². The van der Waals surface area contributed by atoms with E-state index in [1.165, 1.54) is 28.7 Å². The van der Waals surface area contributed by atoms with Crippen LogP contribution in [0.5, 0.6) is 0 Å². The molecule has 2 heterocycles. The Bertz CT molecular complexity index is 737. The number of aromatic nitrogens is 1. The lowest BCUT2D eigenvalue weighted by molar-refractivity contribution is -0.127. The number of hydrogen-bond acceptors (Lipinski definition) is 5. The fourth-order valence-electron chi connectivity index (χ4n) is 2.63. The number of amides is 2. The highest BCUT2D eigenvalue weighted by Gasteiger charge is 2.18. The van der Waals surface area contributed by atoms with E-state index in [4.69, 9.17) is 0 Å². The van der Waals surface area contributed by atoms with Gasteiger partial charge >= 0.3 is 0 Å². The van der Waals surface area contributed by atoms with Crippen molar-refractivity contribution in [1.82, 2.24) is 9.88 Å². The van der Waals surface area contributed by atoms with Gasteiger partial charge in [-0.1, -0.05) is 29.8 Å². The lowest BCUT2D eigenvalue weighted by Crippen LogP contribution is -2.29. The van der Waals surface area contributed by atoms with Crippen LogP contribution in [0.2, 0.25) is 0 Å². The summed E-state index contributed by atoms with van der Waals surface area (Å²) in [5.41, 5.74) is 3.10. The van der Waals surface area contributed by atoms with Gasteiger partial charge in [0.1, 0.15) is 0 Å². The zero-order valence-corrected chi connectivity index (χ0v) is 15.8. The number of aryl methyl sites for hydroxylation is 1. The van der Waals surface area contributed by atoms with Crippen LogP contribution >= 0.6 is 23.1 Å². The highest BCUT2D eigenvalue weighted by atomic mass is 32.2. The largest absolute Gasteiger partial charge is 0.342 e. The monoisotopic (exact) mass is 375 g/mol. The molecular formula is C18H21N3O2S2. The van der Waals surface area contributed by atoms with Crippen molar-refractivity contribution < 1.29 is 9.59 Å². The first-order chi connectivity index (χ1) is 12.1. The number of anilines is 1. The van der Waals surface area contributed by atoms with Gasteiger partial charge in [0.2, 0.25) is 11.8 Å². The van der Waals surface area contributed by atoms with E-state index >= 15 is 0 Å². The quantitative estimate of drug-likeness (QED) is 0.840. The molecule has 1 fully saturated rings. The van der Waals surface area contributed by atoms with Gasteiger partial charge in [0.05, 0.1) is 17.2 Å². The van der Waals surface area contributed by atoms with E-state index in [-0.39, 0.29) is 17.6 Å². The summed E-state index contributed by atoms with van der Waals surface area (Å²) < 4.78 is 0. The second-order valence-electron chi connectivity index (χ2n) is 6.03. The van der Waals surface area contributed by atoms with Gasteiger partial charge in [-0.2, -0.15) is 0 Å². The summed E-state index contributed by atoms with van der Waals surface area (Å²) >= 11 is 2.76. The molecule has 0 spiro atoms. The zero-order chi connectivity index (χ0) is 17.6. The van der Waals surface area contributed by atoms with Gasteiger partial charge in [-0.05, 0) is 19.8 Å². The van der Waals surface area contributed by atoms with Crippen LogP contribution in [0.15, 0.2) is 29.6 Å². The molecule has 7 heteroatoms. The Labute approximate surface area is 155 Å². The number of rotatable bonds is 6. The topological polar surface area (TPSA) is 62.3 Å². The number of carbonyl (C=O) groups excluding carboxylic acids is 2. The second-order valence-corrected chi connectivity index (χ2v) is 7.88. The summed E-state index contributed by atoms with van der Waals surface area (Å²) in [5.74, 6) is 0.633. The molecule has 5 nitrogen and oxygen atoms in total. The molecule has 1 aliphatic heterocycles. The van der Waals surface area contributed by atoms with Crippen LogP contribution in [-0.4, -0.2) is 46.3 Å². The first kappa shape index (κ1) is 17.9. The molecule has 0 unspecified atom stereocenters. The molecule has 0 aliphatic carbocycles. The lowest BCUT2D eigenvalue weighted by atomic mass is 10.1. The maximum Gasteiger partial charge on any atom is 0.236 e. The van der Waals surface area contributed by atoms with Crippen molar-refractivity contribution in [2.24, 2.45) is 0 Å². The van der Waals surface area contributed by atoms with Crippen molar-refractivity contribution in [2.75, 3.05) is 29.9 Å². The van der Waals surface area contributed by atoms with E-state index in [0.29, 0.717) is 10.9 Å². The van der Waals surface area contributed by atoms with Gasteiger partial charge in [0.25, 0.3) is 0 Å². The Kier molecular flexibility index (Phi) is 6.09. The van der Waals surface area contributed by atoms with Crippen LogP contribution in [-0.2, 0) is 9.59 Å². The van der Waals surface area contributed by atoms with Crippen LogP contribution in [0.4, 0.5) is 5.13 Å². The number of likely N-dealkylation sites (tertiary alicyclic amines) is 1. The van der Waals surface area contributed by atoms with Gasteiger partial charge in [0, 0.05) is 24.0 Å². The maximum atomic E-state index is 12.0. The Morgan fingerprint density at radius 2 is 1.92 bits per heavy atom. The normalized spacial score (nSPS) is 13.9. The van der Waals surface area contributed by atoms with Crippen LogP contribution in [0.25, 0.3) is 11.3 Å². The fourth-order valence-corrected chi connectivity index (χ4v) is 4.08. The molecule has 3 rings (SSSR count). The summed E-state index contributed by atoms with van der Waals surface area (Å²) in [4.78, 5) is 30.3. The molecule has 1 N–H and O–H groups in total. The molecule has 1 aromatic carbocycles. The van der Waals surface area contributed by atoms with E-state index < -0.39 is 0 Å². The van der Waals surface area contributed by atoms with E-state index in [1.807, 2.05) is 41.5 Å². The molecule has 1 aromatic heterocycles. The number of thiazole rings is 1. The number of nitrogens with zero attached hydrogens (tertiary/aromatic N) is 2. The molecule has 0 bridgehead atoms. The van der Waals surface area contributed by atoms with Gasteiger partial charge in [-0.15, -0.1) is 23.1 Å². The highest BCUT2D eigenvalue weighted by Crippen LogP contribution is 2.25. The van der Waals surface area contributed by atoms with Crippen molar-refractivity contribution >= 4 is 40.0 Å². The zero-order valence-electron chi connectivity index (χ0n) is 14.2. The summed E-state index contributed by atoms with van der Waals surface area (Å²) in [7, 11) is 0. The molecule has 1 saturated heterocycles. The SMILES string of the molecule is Cc1ccc(-c2csc(NC(=O)CSCC(=O)N3CCCC3)n2)cc1. The Balaban J connectivity index is 1.45. The van der Waals surface area contributed by atoms with Crippen molar-refractivity contribution in [1.29, 1.82) is 0 Å². The molecule has 25 heavy (non-hydrogen) atoms. The van der Waals surface area contributed by atoms with Gasteiger partial charge in [-0.25, -0.2) is 4.98 Å². The lowest BCUT2D eigenvalue weighted by Gasteiger charge is -2.14. The van der Waals surface area contributed by atoms with Crippen molar-refractivity contribution in [3.63, 3.8) is 0 Å². The van der Waals surface area contributed by atoms with Crippen LogP contribution in [0.3, 0.4) is 0 Å². The highest BCUT2D eigenvalue weighted by molar-refractivity contribution is 8.00. The molecule has 0 atom stereocenters. The molecular weight excluding hydrogens is 354 g/mol. The molecule has 0 radical (unpaired) electrons. The van der Waals surface area contributed by atoms with Gasteiger partial charge in [-0.3, -0.25) is 9.59 Å². The van der Waals surface area contributed by atoms with Crippen molar-refractivity contribution in [2.45, 2.75) is 19.8 Å². The molecule has 0 saturated carbocycles. The van der Waals surface area contributed by atoms with E-state index in [0.717, 1.165) is 37.2 Å². The summed E-state index contributed by atoms with van der Waals surface area (Å²) in [5, 5.41) is 5.33. The predicted octanol–water partition coefficient (Wildman–Crippen LogP) is 3.41. The Morgan fingerprint density at radius 3 is 2.64 bits per heavy atom. The van der Waals surface area contributed by atoms with Gasteiger partial charge in [0.15, 0.2) is 5.13 Å². The van der Waals surface area contributed by atoms with E-state index in [1.54, 1.807) is 0 Å². The number of carbonyl (C=O) groups is 2. The first-order valence-electron chi connectivity index (χ1n) is 8.30. The average molecular weight is 376 g/mol. The molecule has 1 aliphatic rings. The van der Waals surface area contributed by atoms with Crippen LogP contribution in [0, 0.1) is 6.92 Å². The summed E-state index contributed by atoms with van der Waals surface area (Å²) in [6.07, 6.45) is 2.18. The first-order valence-corrected chi connectivity index (χ1v) is 10.3. The van der Waals surface area contributed by atoms with E-state index in [2.05, 4.69) is 10.3 Å². The third kappa shape index (κ3) is 5.06. The Hall–Kier alpha value is -1.86. The third-order valence-corrected chi connectivity index (χ3v) is 5.69. The number of benzene rings is 1. The van der Waals surface area contributed by atoms with Crippen LogP contribution < -0.4 is 5.32 Å².